The number of aryl methyl sites for hydroxylation is 1. The minimum absolute atomic E-state index is 0.0532. The Kier molecular flexibility index (Phi) is 3.62. The van der Waals surface area contributed by atoms with Crippen LogP contribution in [0.25, 0.3) is 10.9 Å². The van der Waals surface area contributed by atoms with Crippen molar-refractivity contribution in [1.29, 1.82) is 0 Å². The van der Waals surface area contributed by atoms with Crippen LogP contribution in [-0.2, 0) is 6.54 Å². The molecule has 1 heterocycles. The van der Waals surface area contributed by atoms with E-state index in [1.54, 1.807) is 12.1 Å². The molecule has 0 spiro atoms. The Labute approximate surface area is 133 Å². The van der Waals surface area contributed by atoms with Crippen molar-refractivity contribution in [3.63, 3.8) is 0 Å². The summed E-state index contributed by atoms with van der Waals surface area (Å²) in [6.45, 7) is 2.53. The lowest BCUT2D eigenvalue weighted by Gasteiger charge is -2.14. The summed E-state index contributed by atoms with van der Waals surface area (Å²) in [5.41, 5.74) is 14.1. The van der Waals surface area contributed by atoms with E-state index >= 15 is 0 Å². The molecule has 1 amide bonds. The fourth-order valence-corrected chi connectivity index (χ4v) is 2.66. The van der Waals surface area contributed by atoms with Crippen molar-refractivity contribution in [2.75, 3.05) is 5.73 Å². The number of fused-ring (bicyclic) bond motifs is 1. The van der Waals surface area contributed by atoms with Gasteiger partial charge in [-0.3, -0.25) is 9.59 Å². The van der Waals surface area contributed by atoms with E-state index in [0.717, 1.165) is 5.56 Å². The van der Waals surface area contributed by atoms with E-state index in [-0.39, 0.29) is 5.56 Å². The van der Waals surface area contributed by atoms with Gasteiger partial charge in [0, 0.05) is 18.4 Å². The molecule has 0 radical (unpaired) electrons. The van der Waals surface area contributed by atoms with Crippen LogP contribution in [0, 0.1) is 6.92 Å². The second-order valence-electron chi connectivity index (χ2n) is 5.59. The van der Waals surface area contributed by atoms with Gasteiger partial charge in [-0.05, 0) is 24.6 Å². The van der Waals surface area contributed by atoms with Gasteiger partial charge >= 0.3 is 0 Å². The van der Waals surface area contributed by atoms with Crippen LogP contribution in [0.5, 0.6) is 0 Å². The van der Waals surface area contributed by atoms with E-state index in [2.05, 4.69) is 0 Å². The molecule has 3 aromatic rings. The minimum atomic E-state index is -0.752. The number of amides is 1. The number of nitrogens with two attached hydrogens (primary N) is 2. The van der Waals surface area contributed by atoms with Crippen LogP contribution in [0.2, 0.25) is 0 Å². The molecule has 116 valence electrons. The normalized spacial score (nSPS) is 10.8. The van der Waals surface area contributed by atoms with Gasteiger partial charge in [0.15, 0.2) is 0 Å². The van der Waals surface area contributed by atoms with Gasteiger partial charge in [0.1, 0.15) is 5.56 Å². The fourth-order valence-electron chi connectivity index (χ4n) is 2.66. The number of primary amides is 1. The van der Waals surface area contributed by atoms with E-state index in [1.807, 2.05) is 41.8 Å². The molecule has 0 saturated heterocycles. The van der Waals surface area contributed by atoms with Crippen LogP contribution in [0.1, 0.15) is 21.5 Å². The standard InChI is InChI=1S/C18H17N3O2/c1-11-5-7-12(8-6-11)9-21-10-13(18(20)23)17(22)16-14(19)3-2-4-15(16)21/h2-8,10H,9,19H2,1H3,(H2,20,23). The fraction of sp³-hybridized carbons (Fsp3) is 0.111. The smallest absolute Gasteiger partial charge is 0.254 e. The molecular formula is C18H17N3O2. The van der Waals surface area contributed by atoms with Crippen LogP contribution in [0.4, 0.5) is 5.69 Å². The van der Waals surface area contributed by atoms with Gasteiger partial charge in [-0.25, -0.2) is 0 Å². The average molecular weight is 307 g/mol. The SMILES string of the molecule is Cc1ccc(Cn2cc(C(N)=O)c(=O)c3c(N)cccc32)cc1. The summed E-state index contributed by atoms with van der Waals surface area (Å²) in [6, 6.07) is 13.3. The molecule has 0 aliphatic carbocycles. The summed E-state index contributed by atoms with van der Waals surface area (Å²) >= 11 is 0. The van der Waals surface area contributed by atoms with Crippen molar-refractivity contribution in [1.82, 2.24) is 4.57 Å². The molecule has 0 atom stereocenters. The maximum Gasteiger partial charge on any atom is 0.254 e. The van der Waals surface area contributed by atoms with Gasteiger partial charge in [-0.15, -0.1) is 0 Å². The molecular weight excluding hydrogens is 290 g/mol. The number of anilines is 1. The van der Waals surface area contributed by atoms with Crippen LogP contribution in [0.3, 0.4) is 0 Å². The molecule has 3 rings (SSSR count). The lowest BCUT2D eigenvalue weighted by atomic mass is 10.1. The van der Waals surface area contributed by atoms with Gasteiger partial charge in [-0.1, -0.05) is 35.9 Å². The van der Waals surface area contributed by atoms with Crippen molar-refractivity contribution < 1.29 is 4.79 Å². The number of nitrogens with zero attached hydrogens (tertiary/aromatic N) is 1. The molecule has 0 fully saturated rings. The summed E-state index contributed by atoms with van der Waals surface area (Å²) in [7, 11) is 0. The third-order valence-corrected chi connectivity index (χ3v) is 3.88. The molecule has 0 saturated carbocycles. The highest BCUT2D eigenvalue weighted by molar-refractivity contribution is 5.99. The maximum absolute atomic E-state index is 12.4. The molecule has 4 N–H and O–H groups in total. The highest BCUT2D eigenvalue weighted by atomic mass is 16.2. The summed E-state index contributed by atoms with van der Waals surface area (Å²) in [5.74, 6) is -0.752. The number of carbonyl (C=O) groups is 1. The molecule has 0 bridgehead atoms. The van der Waals surface area contributed by atoms with Gasteiger partial charge in [0.2, 0.25) is 5.43 Å². The van der Waals surface area contributed by atoms with E-state index in [9.17, 15) is 9.59 Å². The van der Waals surface area contributed by atoms with E-state index in [0.29, 0.717) is 23.1 Å². The topological polar surface area (TPSA) is 91.1 Å². The Morgan fingerprint density at radius 1 is 1.13 bits per heavy atom. The molecule has 5 heteroatoms. The van der Waals surface area contributed by atoms with Crippen LogP contribution in [0.15, 0.2) is 53.5 Å². The number of hydrogen-bond donors (Lipinski definition) is 2. The van der Waals surface area contributed by atoms with Gasteiger partial charge in [0.25, 0.3) is 5.91 Å². The molecule has 2 aromatic carbocycles. The molecule has 23 heavy (non-hydrogen) atoms. The predicted molar refractivity (Wildman–Crippen MR) is 91.4 cm³/mol. The van der Waals surface area contributed by atoms with Crippen molar-refractivity contribution in [2.24, 2.45) is 5.73 Å². The number of benzene rings is 2. The number of aromatic nitrogens is 1. The zero-order chi connectivity index (χ0) is 16.6. The Morgan fingerprint density at radius 2 is 1.83 bits per heavy atom. The summed E-state index contributed by atoms with van der Waals surface area (Å²) in [5, 5.41) is 0.330. The monoisotopic (exact) mass is 307 g/mol. The Balaban J connectivity index is 2.25. The lowest BCUT2D eigenvalue weighted by molar-refractivity contribution is 0.0999. The average Bonchev–Trinajstić information content (AvgIpc) is 2.51. The molecule has 0 unspecified atom stereocenters. The van der Waals surface area contributed by atoms with E-state index < -0.39 is 11.3 Å². The summed E-state index contributed by atoms with van der Waals surface area (Å²) in [4.78, 5) is 24.0. The van der Waals surface area contributed by atoms with Gasteiger partial charge < -0.3 is 16.0 Å². The first-order chi connectivity index (χ1) is 11.0. The Morgan fingerprint density at radius 3 is 2.48 bits per heavy atom. The number of carbonyl (C=O) groups excluding carboxylic acids is 1. The largest absolute Gasteiger partial charge is 0.398 e. The van der Waals surface area contributed by atoms with Crippen molar-refractivity contribution >= 4 is 22.5 Å². The number of hydrogen-bond acceptors (Lipinski definition) is 3. The lowest BCUT2D eigenvalue weighted by Crippen LogP contribution is -2.25. The van der Waals surface area contributed by atoms with E-state index in [4.69, 9.17) is 11.5 Å². The first kappa shape index (κ1) is 14.8. The molecule has 5 nitrogen and oxygen atoms in total. The third kappa shape index (κ3) is 2.68. The quantitative estimate of drug-likeness (QED) is 0.725. The second kappa shape index (κ2) is 5.61. The maximum atomic E-state index is 12.4. The zero-order valence-electron chi connectivity index (χ0n) is 12.7. The highest BCUT2D eigenvalue weighted by Gasteiger charge is 2.15. The van der Waals surface area contributed by atoms with Crippen molar-refractivity contribution in [3.8, 4) is 0 Å². The molecule has 0 aliphatic heterocycles. The van der Waals surface area contributed by atoms with Crippen LogP contribution < -0.4 is 16.9 Å². The Bertz CT molecular complexity index is 956. The van der Waals surface area contributed by atoms with E-state index in [1.165, 1.54) is 11.8 Å². The highest BCUT2D eigenvalue weighted by Crippen LogP contribution is 2.19. The zero-order valence-corrected chi connectivity index (χ0v) is 12.7. The minimum Gasteiger partial charge on any atom is -0.398 e. The van der Waals surface area contributed by atoms with Gasteiger partial charge in [0.05, 0.1) is 10.9 Å². The van der Waals surface area contributed by atoms with Crippen molar-refractivity contribution in [2.45, 2.75) is 13.5 Å². The predicted octanol–water partition coefficient (Wildman–Crippen LogP) is 2.04. The molecule has 1 aromatic heterocycles. The first-order valence-corrected chi connectivity index (χ1v) is 7.24. The van der Waals surface area contributed by atoms with Crippen molar-refractivity contribution in [3.05, 3.63) is 75.6 Å². The number of pyridine rings is 1. The summed E-state index contributed by atoms with van der Waals surface area (Å²) < 4.78 is 1.83. The Hall–Kier alpha value is -3.08. The summed E-state index contributed by atoms with van der Waals surface area (Å²) in [6.07, 6.45) is 1.51. The second-order valence-corrected chi connectivity index (χ2v) is 5.59. The van der Waals surface area contributed by atoms with Crippen LogP contribution >= 0.6 is 0 Å². The third-order valence-electron chi connectivity index (χ3n) is 3.88. The first-order valence-electron chi connectivity index (χ1n) is 7.24. The number of rotatable bonds is 3. The molecule has 0 aliphatic rings. The van der Waals surface area contributed by atoms with Gasteiger partial charge in [-0.2, -0.15) is 0 Å². The number of nitrogen functional groups attached to an aromatic ring is 1. The van der Waals surface area contributed by atoms with Crippen LogP contribution in [-0.4, -0.2) is 10.5 Å².